The zero-order chi connectivity index (χ0) is 19.6. The minimum Gasteiger partial charge on any atom is -0.497 e. The molecule has 1 aliphatic heterocycles. The van der Waals surface area contributed by atoms with Crippen molar-refractivity contribution in [2.45, 2.75) is 32.7 Å². The van der Waals surface area contributed by atoms with Crippen LogP contribution in [0.5, 0.6) is 5.75 Å². The van der Waals surface area contributed by atoms with Gasteiger partial charge in [0.05, 0.1) is 13.2 Å². The van der Waals surface area contributed by atoms with Crippen molar-refractivity contribution in [1.29, 1.82) is 0 Å². The van der Waals surface area contributed by atoms with Gasteiger partial charge in [-0.3, -0.25) is 14.4 Å². The van der Waals surface area contributed by atoms with E-state index in [1.807, 2.05) is 26.0 Å². The second kappa shape index (κ2) is 7.65. The Balaban J connectivity index is 1.74. The van der Waals surface area contributed by atoms with Crippen LogP contribution in [0.4, 0.5) is 5.69 Å². The second-order valence-electron chi connectivity index (χ2n) is 6.61. The van der Waals surface area contributed by atoms with Gasteiger partial charge in [0, 0.05) is 30.4 Å². The quantitative estimate of drug-likeness (QED) is 0.841. The van der Waals surface area contributed by atoms with E-state index >= 15 is 0 Å². The summed E-state index contributed by atoms with van der Waals surface area (Å²) in [6.07, 6.45) is 0.877. The number of pyridine rings is 1. The van der Waals surface area contributed by atoms with Crippen molar-refractivity contribution in [2.24, 2.45) is 0 Å². The van der Waals surface area contributed by atoms with Crippen LogP contribution in [0, 0.1) is 6.92 Å². The van der Waals surface area contributed by atoms with Gasteiger partial charge in [-0.25, -0.2) is 0 Å². The molecule has 1 atom stereocenters. The molecule has 1 aliphatic rings. The number of ether oxygens (including phenoxy) is 1. The van der Waals surface area contributed by atoms with Crippen LogP contribution in [-0.4, -0.2) is 36.5 Å². The molecule has 1 aromatic carbocycles. The molecule has 7 nitrogen and oxygen atoms in total. The van der Waals surface area contributed by atoms with E-state index in [2.05, 4.69) is 10.3 Å². The number of H-pyrrole nitrogens is 1. The first-order valence-electron chi connectivity index (χ1n) is 8.91. The van der Waals surface area contributed by atoms with Crippen molar-refractivity contribution in [2.75, 3.05) is 18.6 Å². The lowest BCUT2D eigenvalue weighted by Gasteiger charge is -2.18. The molecule has 1 fully saturated rings. The fourth-order valence-corrected chi connectivity index (χ4v) is 3.30. The fraction of sp³-hybridized carbons (Fsp3) is 0.350. The van der Waals surface area contributed by atoms with E-state index in [1.54, 1.807) is 30.2 Å². The molecule has 0 saturated carbocycles. The highest BCUT2D eigenvalue weighted by Crippen LogP contribution is 2.25. The van der Waals surface area contributed by atoms with Gasteiger partial charge >= 0.3 is 0 Å². The summed E-state index contributed by atoms with van der Waals surface area (Å²) < 4.78 is 5.20. The summed E-state index contributed by atoms with van der Waals surface area (Å²) in [6, 6.07) is 8.45. The van der Waals surface area contributed by atoms with E-state index in [0.717, 1.165) is 16.9 Å². The summed E-state index contributed by atoms with van der Waals surface area (Å²) in [5.41, 5.74) is 2.05. The Morgan fingerprint density at radius 3 is 2.81 bits per heavy atom. The first kappa shape index (κ1) is 18.7. The van der Waals surface area contributed by atoms with Crippen molar-refractivity contribution in [3.8, 4) is 5.75 Å². The average molecular weight is 369 g/mol. The summed E-state index contributed by atoms with van der Waals surface area (Å²) in [4.78, 5) is 41.5. The normalized spacial score (nSPS) is 16.5. The summed E-state index contributed by atoms with van der Waals surface area (Å²) in [6.45, 7) is 4.15. The number of aromatic amines is 1. The number of nitrogens with zero attached hydrogens (tertiary/aromatic N) is 1. The molecule has 7 heteroatoms. The molecular weight excluding hydrogens is 346 g/mol. The predicted molar refractivity (Wildman–Crippen MR) is 102 cm³/mol. The Morgan fingerprint density at radius 2 is 2.11 bits per heavy atom. The summed E-state index contributed by atoms with van der Waals surface area (Å²) in [5, 5.41) is 2.81. The number of hydrogen-bond donors (Lipinski definition) is 2. The molecule has 2 amide bonds. The molecule has 0 aliphatic carbocycles. The molecule has 1 saturated heterocycles. The van der Waals surface area contributed by atoms with Crippen LogP contribution in [0.15, 0.2) is 35.1 Å². The maximum absolute atomic E-state index is 12.5. The largest absolute Gasteiger partial charge is 0.497 e. The lowest BCUT2D eigenvalue weighted by atomic mass is 10.1. The number of carbonyl (C=O) groups is 2. The maximum atomic E-state index is 12.5. The third kappa shape index (κ3) is 3.86. The number of methoxy groups -OCH3 is 1. The molecule has 2 N–H and O–H groups in total. The predicted octanol–water partition coefficient (Wildman–Crippen LogP) is 1.79. The SMILES string of the molecule is CCc1[nH]c(=O)c(C(=O)NC2CC(=O)N(c3cccc(OC)c3)C2)cc1C. The zero-order valence-electron chi connectivity index (χ0n) is 15.7. The minimum atomic E-state index is -0.465. The van der Waals surface area contributed by atoms with Gasteiger partial charge < -0.3 is 19.9 Å². The van der Waals surface area contributed by atoms with Gasteiger partial charge in [0.1, 0.15) is 11.3 Å². The van der Waals surface area contributed by atoms with E-state index in [1.165, 1.54) is 0 Å². The van der Waals surface area contributed by atoms with Crippen LogP contribution in [0.2, 0.25) is 0 Å². The van der Waals surface area contributed by atoms with Gasteiger partial charge in [0.25, 0.3) is 11.5 Å². The number of amides is 2. The lowest BCUT2D eigenvalue weighted by molar-refractivity contribution is -0.117. The third-order valence-electron chi connectivity index (χ3n) is 4.77. The molecule has 0 radical (unpaired) electrons. The van der Waals surface area contributed by atoms with Crippen LogP contribution in [0.25, 0.3) is 0 Å². The Kier molecular flexibility index (Phi) is 5.30. The molecule has 2 heterocycles. The zero-order valence-corrected chi connectivity index (χ0v) is 15.7. The number of carbonyl (C=O) groups excluding carboxylic acids is 2. The van der Waals surface area contributed by atoms with E-state index in [0.29, 0.717) is 18.7 Å². The molecule has 0 spiro atoms. The second-order valence-corrected chi connectivity index (χ2v) is 6.61. The number of rotatable bonds is 5. The summed E-state index contributed by atoms with van der Waals surface area (Å²) in [5.74, 6) is 0.109. The first-order chi connectivity index (χ1) is 12.9. The monoisotopic (exact) mass is 369 g/mol. The van der Waals surface area contributed by atoms with Crippen molar-refractivity contribution >= 4 is 17.5 Å². The van der Waals surface area contributed by atoms with Gasteiger partial charge in [-0.15, -0.1) is 0 Å². The molecule has 1 aromatic heterocycles. The van der Waals surface area contributed by atoms with E-state index < -0.39 is 11.5 Å². The standard InChI is InChI=1S/C20H23N3O4/c1-4-17-12(2)8-16(20(26)22-17)19(25)21-13-9-18(24)23(11-13)14-6-5-7-15(10-14)27-3/h5-8,10,13H,4,9,11H2,1-3H3,(H,21,25)(H,22,26). The summed E-state index contributed by atoms with van der Waals surface area (Å²) in [7, 11) is 1.57. The van der Waals surface area contributed by atoms with Gasteiger partial charge in [-0.2, -0.15) is 0 Å². The Hall–Kier alpha value is -3.09. The van der Waals surface area contributed by atoms with Gasteiger partial charge in [0.2, 0.25) is 5.91 Å². The van der Waals surface area contributed by atoms with Crippen LogP contribution >= 0.6 is 0 Å². The van der Waals surface area contributed by atoms with Crippen molar-refractivity contribution in [1.82, 2.24) is 10.3 Å². The summed E-state index contributed by atoms with van der Waals surface area (Å²) >= 11 is 0. The number of hydrogen-bond acceptors (Lipinski definition) is 4. The Morgan fingerprint density at radius 1 is 1.33 bits per heavy atom. The molecular formula is C20H23N3O4. The molecule has 3 rings (SSSR count). The highest BCUT2D eigenvalue weighted by Gasteiger charge is 2.32. The maximum Gasteiger partial charge on any atom is 0.261 e. The number of benzene rings is 1. The molecule has 0 bridgehead atoms. The Bertz CT molecular complexity index is 935. The topological polar surface area (TPSA) is 91.5 Å². The van der Waals surface area contributed by atoms with Crippen molar-refractivity contribution < 1.29 is 14.3 Å². The highest BCUT2D eigenvalue weighted by molar-refractivity contribution is 5.99. The smallest absolute Gasteiger partial charge is 0.261 e. The average Bonchev–Trinajstić information content (AvgIpc) is 3.03. The van der Waals surface area contributed by atoms with Crippen LogP contribution in [-0.2, 0) is 11.2 Å². The number of nitrogens with one attached hydrogen (secondary N) is 2. The minimum absolute atomic E-state index is 0.0666. The molecule has 142 valence electrons. The van der Waals surface area contributed by atoms with Crippen LogP contribution < -0.4 is 20.5 Å². The number of aromatic nitrogens is 1. The highest BCUT2D eigenvalue weighted by atomic mass is 16.5. The molecule has 1 unspecified atom stereocenters. The first-order valence-corrected chi connectivity index (χ1v) is 8.91. The van der Waals surface area contributed by atoms with Crippen molar-refractivity contribution in [3.63, 3.8) is 0 Å². The van der Waals surface area contributed by atoms with E-state index in [9.17, 15) is 14.4 Å². The number of anilines is 1. The van der Waals surface area contributed by atoms with Gasteiger partial charge in [-0.1, -0.05) is 13.0 Å². The van der Waals surface area contributed by atoms with Gasteiger partial charge in [0.15, 0.2) is 0 Å². The molecule has 2 aromatic rings. The van der Waals surface area contributed by atoms with Crippen LogP contribution in [0.3, 0.4) is 0 Å². The van der Waals surface area contributed by atoms with Gasteiger partial charge in [-0.05, 0) is 37.1 Å². The van der Waals surface area contributed by atoms with E-state index in [-0.39, 0.29) is 23.9 Å². The Labute approximate surface area is 157 Å². The third-order valence-corrected chi connectivity index (χ3v) is 4.77. The lowest BCUT2D eigenvalue weighted by Crippen LogP contribution is -2.39. The van der Waals surface area contributed by atoms with Crippen molar-refractivity contribution in [3.05, 3.63) is 57.5 Å². The number of aryl methyl sites for hydroxylation is 2. The van der Waals surface area contributed by atoms with Crippen LogP contribution in [0.1, 0.15) is 35.0 Å². The molecule has 27 heavy (non-hydrogen) atoms. The fourth-order valence-electron chi connectivity index (χ4n) is 3.30. The van der Waals surface area contributed by atoms with E-state index in [4.69, 9.17) is 4.74 Å².